The molecule has 33 heavy (non-hydrogen) atoms. The van der Waals surface area contributed by atoms with Crippen molar-refractivity contribution >= 4 is 26.7 Å². The van der Waals surface area contributed by atoms with Crippen LogP contribution in [0.2, 0.25) is 0 Å². The fourth-order valence-electron chi connectivity index (χ4n) is 5.14. The van der Waals surface area contributed by atoms with Crippen LogP contribution < -0.4 is 5.32 Å². The molecular weight excluding hydrogens is 434 g/mol. The number of fused-ring (bicyclic) bond motifs is 1. The van der Waals surface area contributed by atoms with Gasteiger partial charge in [0.25, 0.3) is 0 Å². The molecule has 1 N–H and O–H groups in total. The first-order chi connectivity index (χ1) is 16.0. The van der Waals surface area contributed by atoms with E-state index in [1.54, 1.807) is 12.1 Å². The van der Waals surface area contributed by atoms with Crippen molar-refractivity contribution in [3.8, 4) is 0 Å². The number of benzene rings is 2. The van der Waals surface area contributed by atoms with Crippen LogP contribution in [-0.4, -0.2) is 62.3 Å². The van der Waals surface area contributed by atoms with E-state index >= 15 is 0 Å². The molecule has 6 nitrogen and oxygen atoms in total. The Hall–Kier alpha value is -1.96. The molecule has 1 unspecified atom stereocenters. The van der Waals surface area contributed by atoms with Crippen molar-refractivity contribution in [1.82, 2.24) is 14.5 Å². The smallest absolute Gasteiger partial charge is 0.243 e. The minimum atomic E-state index is -3.55. The largest absolute Gasteiger partial charge is 0.354 e. The maximum absolute atomic E-state index is 13.2. The third-order valence-corrected chi connectivity index (χ3v) is 9.14. The molecule has 7 heteroatoms. The van der Waals surface area contributed by atoms with Crippen molar-refractivity contribution in [1.29, 1.82) is 0 Å². The molecular formula is C26H37N3O3S. The summed E-state index contributed by atoms with van der Waals surface area (Å²) in [6.45, 7) is 5.94. The normalized spacial score (nSPS) is 21.3. The standard InChI is InChI=1S/C26H37N3O3S/c1-2-3-15-28-16-7-6-10-24(28)20-27-26(30)22-13-17-29(18-14-22)33(31,32)25-12-11-21-8-4-5-9-23(21)19-25/h4-5,8-9,11-12,19,22,24H,2-3,6-7,10,13-18,20H2,1H3,(H,27,30). The van der Waals surface area contributed by atoms with E-state index in [1.807, 2.05) is 30.3 Å². The molecule has 1 atom stereocenters. The minimum absolute atomic E-state index is 0.0822. The average molecular weight is 472 g/mol. The van der Waals surface area contributed by atoms with Gasteiger partial charge >= 0.3 is 0 Å². The van der Waals surface area contributed by atoms with Crippen LogP contribution in [0.1, 0.15) is 51.9 Å². The van der Waals surface area contributed by atoms with E-state index in [1.165, 1.54) is 30.0 Å². The third kappa shape index (κ3) is 5.76. The van der Waals surface area contributed by atoms with Crippen LogP contribution in [0.4, 0.5) is 0 Å². The molecule has 0 radical (unpaired) electrons. The van der Waals surface area contributed by atoms with Crippen molar-refractivity contribution in [3.05, 3.63) is 42.5 Å². The Bertz CT molecular complexity index is 1050. The molecule has 180 valence electrons. The van der Waals surface area contributed by atoms with Gasteiger partial charge in [-0.3, -0.25) is 9.69 Å². The van der Waals surface area contributed by atoms with Crippen LogP contribution >= 0.6 is 0 Å². The number of carbonyl (C=O) groups is 1. The zero-order chi connectivity index (χ0) is 23.3. The second-order valence-corrected chi connectivity index (χ2v) is 11.4. The van der Waals surface area contributed by atoms with Crippen LogP contribution in [0.15, 0.2) is 47.4 Å². The lowest BCUT2D eigenvalue weighted by molar-refractivity contribution is -0.126. The summed E-state index contributed by atoms with van der Waals surface area (Å²) in [6.07, 6.45) is 7.16. The highest BCUT2D eigenvalue weighted by Gasteiger charge is 2.32. The molecule has 2 aromatic rings. The van der Waals surface area contributed by atoms with E-state index in [0.29, 0.717) is 43.4 Å². The van der Waals surface area contributed by atoms with Gasteiger partial charge in [-0.1, -0.05) is 50.1 Å². The summed E-state index contributed by atoms with van der Waals surface area (Å²) in [5.74, 6) is -0.0282. The average Bonchev–Trinajstić information content (AvgIpc) is 2.86. The Morgan fingerprint density at radius 1 is 1.00 bits per heavy atom. The lowest BCUT2D eigenvalue weighted by Gasteiger charge is -2.36. The summed E-state index contributed by atoms with van der Waals surface area (Å²) in [6, 6.07) is 13.5. The summed E-state index contributed by atoms with van der Waals surface area (Å²) >= 11 is 0. The lowest BCUT2D eigenvalue weighted by Crippen LogP contribution is -2.49. The number of piperidine rings is 2. The zero-order valence-corrected chi connectivity index (χ0v) is 20.5. The van der Waals surface area contributed by atoms with Gasteiger partial charge in [0.05, 0.1) is 4.90 Å². The van der Waals surface area contributed by atoms with Gasteiger partial charge < -0.3 is 5.32 Å². The zero-order valence-electron chi connectivity index (χ0n) is 19.7. The maximum atomic E-state index is 13.2. The Labute approximate surface area is 198 Å². The van der Waals surface area contributed by atoms with E-state index in [0.717, 1.165) is 30.3 Å². The summed E-state index contributed by atoms with van der Waals surface area (Å²) in [7, 11) is -3.55. The fourth-order valence-corrected chi connectivity index (χ4v) is 6.65. The first kappa shape index (κ1) is 24.2. The van der Waals surface area contributed by atoms with Gasteiger partial charge in [-0.2, -0.15) is 4.31 Å². The summed E-state index contributed by atoms with van der Waals surface area (Å²) in [5.41, 5.74) is 0. The molecule has 0 saturated carbocycles. The number of unbranched alkanes of at least 4 members (excludes halogenated alkanes) is 1. The molecule has 2 aromatic carbocycles. The van der Waals surface area contributed by atoms with E-state index in [2.05, 4.69) is 17.1 Å². The van der Waals surface area contributed by atoms with Crippen molar-refractivity contribution in [3.63, 3.8) is 0 Å². The summed E-state index contributed by atoms with van der Waals surface area (Å²) < 4.78 is 27.9. The maximum Gasteiger partial charge on any atom is 0.243 e. The first-order valence-corrected chi connectivity index (χ1v) is 13.9. The topological polar surface area (TPSA) is 69.7 Å². The molecule has 2 fully saturated rings. The van der Waals surface area contributed by atoms with Gasteiger partial charge in [-0.15, -0.1) is 0 Å². The molecule has 2 saturated heterocycles. The second-order valence-electron chi connectivity index (χ2n) is 9.47. The van der Waals surface area contributed by atoms with E-state index in [9.17, 15) is 13.2 Å². The number of nitrogens with zero attached hydrogens (tertiary/aromatic N) is 2. The van der Waals surface area contributed by atoms with Gasteiger partial charge in [0.2, 0.25) is 15.9 Å². The SMILES string of the molecule is CCCCN1CCCCC1CNC(=O)C1CCN(S(=O)(=O)c2ccc3ccccc3c2)CC1. The molecule has 0 bridgehead atoms. The second kappa shape index (κ2) is 11.0. The molecule has 0 spiro atoms. The molecule has 0 aliphatic carbocycles. The van der Waals surface area contributed by atoms with E-state index < -0.39 is 10.0 Å². The van der Waals surface area contributed by atoms with Gasteiger partial charge in [-0.05, 0) is 68.1 Å². The van der Waals surface area contributed by atoms with Crippen LogP contribution in [-0.2, 0) is 14.8 Å². The Morgan fingerprint density at radius 3 is 2.52 bits per heavy atom. The molecule has 2 aliphatic heterocycles. The monoisotopic (exact) mass is 471 g/mol. The van der Waals surface area contributed by atoms with Crippen LogP contribution in [0, 0.1) is 5.92 Å². The van der Waals surface area contributed by atoms with Gasteiger partial charge in [0, 0.05) is 31.6 Å². The number of hydrogen-bond donors (Lipinski definition) is 1. The van der Waals surface area contributed by atoms with Crippen LogP contribution in [0.5, 0.6) is 0 Å². The molecule has 4 rings (SSSR count). The Morgan fingerprint density at radius 2 is 1.76 bits per heavy atom. The third-order valence-electron chi connectivity index (χ3n) is 7.24. The number of carbonyl (C=O) groups excluding carboxylic acids is 1. The predicted octanol–water partition coefficient (Wildman–Crippen LogP) is 4.01. The van der Waals surface area contributed by atoms with Crippen molar-refractivity contribution in [2.24, 2.45) is 5.92 Å². The number of sulfonamides is 1. The molecule has 2 aliphatic rings. The van der Waals surface area contributed by atoms with Crippen molar-refractivity contribution in [2.75, 3.05) is 32.7 Å². The summed E-state index contributed by atoms with van der Waals surface area (Å²) in [4.78, 5) is 15.7. The fraction of sp³-hybridized carbons (Fsp3) is 0.577. The minimum Gasteiger partial charge on any atom is -0.354 e. The van der Waals surface area contributed by atoms with Gasteiger partial charge in [-0.25, -0.2) is 8.42 Å². The van der Waals surface area contributed by atoms with Gasteiger partial charge in [0.15, 0.2) is 0 Å². The number of amides is 1. The van der Waals surface area contributed by atoms with E-state index in [-0.39, 0.29) is 11.8 Å². The molecule has 0 aromatic heterocycles. The van der Waals surface area contributed by atoms with Crippen molar-refractivity contribution < 1.29 is 13.2 Å². The highest BCUT2D eigenvalue weighted by molar-refractivity contribution is 7.89. The Kier molecular flexibility index (Phi) is 8.04. The quantitative estimate of drug-likeness (QED) is 0.632. The van der Waals surface area contributed by atoms with Gasteiger partial charge in [0.1, 0.15) is 0 Å². The van der Waals surface area contributed by atoms with E-state index in [4.69, 9.17) is 0 Å². The Balaban J connectivity index is 1.30. The number of nitrogens with one attached hydrogen (secondary N) is 1. The number of hydrogen-bond acceptors (Lipinski definition) is 4. The molecule has 2 heterocycles. The highest BCUT2D eigenvalue weighted by Crippen LogP contribution is 2.26. The molecule has 1 amide bonds. The summed E-state index contributed by atoms with van der Waals surface area (Å²) in [5, 5.41) is 5.13. The number of rotatable bonds is 8. The van der Waals surface area contributed by atoms with Crippen molar-refractivity contribution in [2.45, 2.75) is 62.8 Å². The lowest BCUT2D eigenvalue weighted by atomic mass is 9.96. The predicted molar refractivity (Wildman–Crippen MR) is 133 cm³/mol. The van der Waals surface area contributed by atoms with Crippen LogP contribution in [0.25, 0.3) is 10.8 Å². The first-order valence-electron chi connectivity index (χ1n) is 12.5. The number of likely N-dealkylation sites (tertiary alicyclic amines) is 1. The van der Waals surface area contributed by atoms with Crippen LogP contribution in [0.3, 0.4) is 0 Å². The highest BCUT2D eigenvalue weighted by atomic mass is 32.2.